The van der Waals surface area contributed by atoms with E-state index in [1.807, 2.05) is 24.3 Å². The number of hydrogen-bond donors (Lipinski definition) is 2. The Hall–Kier alpha value is -4.92. The van der Waals surface area contributed by atoms with E-state index in [4.69, 9.17) is 27.9 Å². The molecule has 0 aliphatic rings. The molecule has 4 aromatic rings. The fourth-order valence-electron chi connectivity index (χ4n) is 4.13. The van der Waals surface area contributed by atoms with Crippen molar-refractivity contribution in [3.05, 3.63) is 135 Å². The Morgan fingerprint density at radius 2 is 1.45 bits per heavy atom. The van der Waals surface area contributed by atoms with Gasteiger partial charge in [-0.25, -0.2) is 10.2 Å². The van der Waals surface area contributed by atoms with Crippen LogP contribution in [0.1, 0.15) is 45.7 Å². The van der Waals surface area contributed by atoms with Gasteiger partial charge in [0.15, 0.2) is 0 Å². The third kappa shape index (κ3) is 8.80. The summed E-state index contributed by atoms with van der Waals surface area (Å²) >= 11 is 12.1. The van der Waals surface area contributed by atoms with Crippen LogP contribution in [0.3, 0.4) is 0 Å². The number of esters is 1. The average Bonchev–Trinajstić information content (AvgIpc) is 3.03. The molecule has 0 atom stereocenters. The third-order valence-corrected chi connectivity index (χ3v) is 7.08. The molecule has 0 bridgehead atoms. The molecule has 224 valence electrons. The largest absolute Gasteiger partial charge is 0.423 e. The molecule has 4 rings (SSSR count). The molecule has 8 nitrogen and oxygen atoms in total. The van der Waals surface area contributed by atoms with E-state index in [1.165, 1.54) is 6.21 Å². The molecule has 0 radical (unpaired) electrons. The number of carbonyl (C=O) groups is 3. The smallest absolute Gasteiger partial charge is 0.343 e. The highest BCUT2D eigenvalue weighted by Gasteiger charge is 2.16. The number of nitrogens with zero attached hydrogens (tertiary/aromatic N) is 2. The zero-order chi connectivity index (χ0) is 31.5. The first-order valence-corrected chi connectivity index (χ1v) is 14.6. The number of benzene rings is 4. The summed E-state index contributed by atoms with van der Waals surface area (Å²) < 4.78 is 5.38. The molecule has 0 aromatic heterocycles. The first-order chi connectivity index (χ1) is 21.3. The van der Waals surface area contributed by atoms with Gasteiger partial charge in [0.2, 0.25) is 0 Å². The summed E-state index contributed by atoms with van der Waals surface area (Å²) in [6.07, 6.45) is 2.99. The van der Waals surface area contributed by atoms with Crippen molar-refractivity contribution in [2.75, 3.05) is 18.0 Å². The van der Waals surface area contributed by atoms with E-state index >= 15 is 0 Å². The zero-order valence-electron chi connectivity index (χ0n) is 24.1. The number of rotatable bonds is 11. The Kier molecular flexibility index (Phi) is 11.3. The normalized spacial score (nSPS) is 11.2. The highest BCUT2D eigenvalue weighted by molar-refractivity contribution is 6.34. The maximum atomic E-state index is 13.2. The number of carbonyl (C=O) groups excluding carboxylic acids is 3. The van der Waals surface area contributed by atoms with Crippen molar-refractivity contribution in [3.8, 4) is 5.75 Å². The first-order valence-electron chi connectivity index (χ1n) is 13.8. The van der Waals surface area contributed by atoms with Crippen LogP contribution in [0.15, 0.2) is 108 Å². The number of hydrazone groups is 1. The van der Waals surface area contributed by atoms with Gasteiger partial charge in [0.25, 0.3) is 11.8 Å². The third-order valence-electron chi connectivity index (χ3n) is 6.49. The summed E-state index contributed by atoms with van der Waals surface area (Å²) in [6, 6.07) is 27.2. The maximum absolute atomic E-state index is 13.2. The Labute approximate surface area is 265 Å². The van der Waals surface area contributed by atoms with E-state index in [0.717, 1.165) is 18.8 Å². The second-order valence-corrected chi connectivity index (χ2v) is 10.3. The van der Waals surface area contributed by atoms with E-state index in [-0.39, 0.29) is 16.3 Å². The van der Waals surface area contributed by atoms with Crippen LogP contribution in [0.4, 0.5) is 5.69 Å². The second kappa shape index (κ2) is 15.5. The standard InChI is InChI=1S/C34H30Cl2N4O4/c1-3-40(4-2)27-17-9-23(10-18-27)21-31(38-32(41)29-7-5-6-8-30(29)36)33(42)39-37-22-24-11-19-28(20-12-24)44-34(43)25-13-15-26(35)16-14-25/h5-22H,3-4H2,1-2H3,(H,38,41)(H,39,42). The number of halogens is 2. The molecule has 0 aliphatic heterocycles. The summed E-state index contributed by atoms with van der Waals surface area (Å²) in [4.78, 5) is 40.7. The average molecular weight is 630 g/mol. The van der Waals surface area contributed by atoms with Crippen molar-refractivity contribution >= 4 is 59.0 Å². The van der Waals surface area contributed by atoms with Crippen molar-refractivity contribution in [3.63, 3.8) is 0 Å². The molecule has 10 heteroatoms. The number of nitrogens with one attached hydrogen (secondary N) is 2. The minimum absolute atomic E-state index is 0.0212. The number of hydrogen-bond acceptors (Lipinski definition) is 6. The van der Waals surface area contributed by atoms with Crippen LogP contribution < -0.4 is 20.4 Å². The van der Waals surface area contributed by atoms with Gasteiger partial charge in [-0.1, -0.05) is 47.5 Å². The Morgan fingerprint density at radius 1 is 0.818 bits per heavy atom. The summed E-state index contributed by atoms with van der Waals surface area (Å²) in [5, 5.41) is 7.48. The summed E-state index contributed by atoms with van der Waals surface area (Å²) in [5.41, 5.74) is 5.42. The Balaban J connectivity index is 1.46. The van der Waals surface area contributed by atoms with E-state index in [2.05, 4.69) is 34.6 Å². The molecule has 0 spiro atoms. The monoisotopic (exact) mass is 628 g/mol. The summed E-state index contributed by atoms with van der Waals surface area (Å²) in [5.74, 6) is -1.35. The first kappa shape index (κ1) is 32.0. The molecule has 4 aromatic carbocycles. The van der Waals surface area contributed by atoms with E-state index in [0.29, 0.717) is 27.5 Å². The van der Waals surface area contributed by atoms with Gasteiger partial charge >= 0.3 is 5.97 Å². The molecule has 2 N–H and O–H groups in total. The summed E-state index contributed by atoms with van der Waals surface area (Å²) in [6.45, 7) is 5.89. The van der Waals surface area contributed by atoms with Crippen molar-refractivity contribution in [1.29, 1.82) is 0 Å². The molecule has 0 saturated heterocycles. The molecule has 44 heavy (non-hydrogen) atoms. The number of amides is 2. The van der Waals surface area contributed by atoms with Crippen LogP contribution in [-0.2, 0) is 4.79 Å². The van der Waals surface area contributed by atoms with Crippen LogP contribution in [-0.4, -0.2) is 37.1 Å². The van der Waals surface area contributed by atoms with Crippen LogP contribution in [0, 0.1) is 0 Å². The fraction of sp³-hybridized carbons (Fsp3) is 0.118. The quantitative estimate of drug-likeness (QED) is 0.0613. The van der Waals surface area contributed by atoms with E-state index < -0.39 is 17.8 Å². The molecular weight excluding hydrogens is 599 g/mol. The van der Waals surface area contributed by atoms with Gasteiger partial charge in [0.05, 0.1) is 22.4 Å². The van der Waals surface area contributed by atoms with Gasteiger partial charge in [0.1, 0.15) is 11.4 Å². The molecular formula is C34H30Cl2N4O4. The van der Waals surface area contributed by atoms with Gasteiger partial charge in [-0.3, -0.25) is 9.59 Å². The van der Waals surface area contributed by atoms with Crippen LogP contribution >= 0.6 is 23.2 Å². The molecule has 2 amide bonds. The lowest BCUT2D eigenvalue weighted by Crippen LogP contribution is -2.33. The highest BCUT2D eigenvalue weighted by Crippen LogP contribution is 2.19. The SMILES string of the molecule is CCN(CC)c1ccc(C=C(NC(=O)c2ccccc2Cl)C(=O)NN=Cc2ccc(OC(=O)c3ccc(Cl)cc3)cc2)cc1. The van der Waals surface area contributed by atoms with Crippen molar-refractivity contribution in [2.24, 2.45) is 5.10 Å². The Morgan fingerprint density at radius 3 is 2.09 bits per heavy atom. The van der Waals surface area contributed by atoms with E-state index in [1.54, 1.807) is 78.9 Å². The lowest BCUT2D eigenvalue weighted by atomic mass is 10.1. The van der Waals surface area contributed by atoms with Gasteiger partial charge in [-0.15, -0.1) is 0 Å². The lowest BCUT2D eigenvalue weighted by Gasteiger charge is -2.21. The van der Waals surface area contributed by atoms with Crippen LogP contribution in [0.2, 0.25) is 10.0 Å². The van der Waals surface area contributed by atoms with Gasteiger partial charge in [-0.05, 0) is 104 Å². The summed E-state index contributed by atoms with van der Waals surface area (Å²) in [7, 11) is 0. The molecule has 0 aliphatic carbocycles. The van der Waals surface area contributed by atoms with Crippen molar-refractivity contribution in [1.82, 2.24) is 10.7 Å². The van der Waals surface area contributed by atoms with Gasteiger partial charge in [0, 0.05) is 23.8 Å². The fourth-order valence-corrected chi connectivity index (χ4v) is 4.48. The van der Waals surface area contributed by atoms with Crippen LogP contribution in [0.25, 0.3) is 6.08 Å². The predicted octanol–water partition coefficient (Wildman–Crippen LogP) is 6.98. The highest BCUT2D eigenvalue weighted by atomic mass is 35.5. The molecule has 0 unspecified atom stereocenters. The topological polar surface area (TPSA) is 100 Å². The number of ether oxygens (including phenoxy) is 1. The Bertz CT molecular complexity index is 1670. The minimum Gasteiger partial charge on any atom is -0.423 e. The van der Waals surface area contributed by atoms with Crippen LogP contribution in [0.5, 0.6) is 5.75 Å². The molecule has 0 fully saturated rings. The minimum atomic E-state index is -0.636. The maximum Gasteiger partial charge on any atom is 0.343 e. The van der Waals surface area contributed by atoms with E-state index in [9.17, 15) is 14.4 Å². The molecule has 0 heterocycles. The van der Waals surface area contributed by atoms with Gasteiger partial charge < -0.3 is 15.0 Å². The molecule has 0 saturated carbocycles. The lowest BCUT2D eigenvalue weighted by molar-refractivity contribution is -0.117. The predicted molar refractivity (Wildman–Crippen MR) is 175 cm³/mol. The van der Waals surface area contributed by atoms with Crippen molar-refractivity contribution < 1.29 is 19.1 Å². The van der Waals surface area contributed by atoms with Crippen molar-refractivity contribution in [2.45, 2.75) is 13.8 Å². The second-order valence-electron chi connectivity index (χ2n) is 9.42. The zero-order valence-corrected chi connectivity index (χ0v) is 25.6. The number of anilines is 1. The van der Waals surface area contributed by atoms with Gasteiger partial charge in [-0.2, -0.15) is 5.10 Å².